The normalized spacial score (nSPS) is 25.3. The number of nitrogens with zero attached hydrogens (tertiary/aromatic N) is 4. The van der Waals surface area contributed by atoms with Crippen molar-refractivity contribution >= 4 is 17.4 Å². The maximum atomic E-state index is 4.47. The Morgan fingerprint density at radius 2 is 2.24 bits per heavy atom. The second-order valence-corrected chi connectivity index (χ2v) is 7.72. The Morgan fingerprint density at radius 3 is 3.05 bits per heavy atom. The predicted molar refractivity (Wildman–Crippen MR) is 86.9 cm³/mol. The number of piperidine rings is 1. The molecule has 1 saturated heterocycles. The Hall–Kier alpha value is -1.07. The van der Waals surface area contributed by atoms with E-state index in [9.17, 15) is 0 Å². The van der Waals surface area contributed by atoms with Crippen molar-refractivity contribution in [3.8, 4) is 0 Å². The molecule has 4 nitrogen and oxygen atoms in total. The highest BCUT2D eigenvalue weighted by atomic mass is 32.2. The molecule has 2 aromatic rings. The lowest BCUT2D eigenvalue weighted by Gasteiger charge is -2.34. The molecule has 0 bridgehead atoms. The van der Waals surface area contributed by atoms with Crippen LogP contribution >= 0.6 is 11.8 Å². The van der Waals surface area contributed by atoms with Crippen molar-refractivity contribution in [1.29, 1.82) is 0 Å². The van der Waals surface area contributed by atoms with Gasteiger partial charge < -0.3 is 4.90 Å². The number of rotatable bonds is 4. The summed E-state index contributed by atoms with van der Waals surface area (Å²) >= 11 is 2.06. The minimum absolute atomic E-state index is 0.522. The van der Waals surface area contributed by atoms with Gasteiger partial charge in [0.2, 0.25) is 0 Å². The van der Waals surface area contributed by atoms with Crippen LogP contribution < -0.4 is 0 Å². The van der Waals surface area contributed by atoms with E-state index >= 15 is 0 Å². The Morgan fingerprint density at radius 1 is 1.33 bits per heavy atom. The van der Waals surface area contributed by atoms with E-state index in [1.165, 1.54) is 38.8 Å². The first-order chi connectivity index (χ1) is 10.3. The molecule has 5 heteroatoms. The number of pyridine rings is 1. The largest absolute Gasteiger partial charge is 0.301 e. The monoisotopic (exact) mass is 302 g/mol. The van der Waals surface area contributed by atoms with E-state index in [4.69, 9.17) is 0 Å². The van der Waals surface area contributed by atoms with Crippen LogP contribution in [0.4, 0.5) is 0 Å². The minimum atomic E-state index is 0.522. The number of aromatic nitrogens is 3. The van der Waals surface area contributed by atoms with E-state index < -0.39 is 0 Å². The molecule has 4 rings (SSSR count). The molecule has 112 valence electrons. The predicted octanol–water partition coefficient (Wildman–Crippen LogP) is 2.80. The molecule has 0 amide bonds. The van der Waals surface area contributed by atoms with Gasteiger partial charge in [0.1, 0.15) is 5.82 Å². The van der Waals surface area contributed by atoms with Gasteiger partial charge in [-0.25, -0.2) is 0 Å². The molecule has 1 aliphatic heterocycles. The summed E-state index contributed by atoms with van der Waals surface area (Å²) in [6.45, 7) is 3.63. The third-order valence-electron chi connectivity index (χ3n) is 4.96. The van der Waals surface area contributed by atoms with Gasteiger partial charge in [0, 0.05) is 30.0 Å². The number of likely N-dealkylation sites (tertiary alicyclic amines) is 1. The van der Waals surface area contributed by atoms with Crippen molar-refractivity contribution in [2.24, 2.45) is 0 Å². The van der Waals surface area contributed by atoms with E-state index in [0.29, 0.717) is 10.7 Å². The van der Waals surface area contributed by atoms with E-state index in [1.54, 1.807) is 0 Å². The summed E-state index contributed by atoms with van der Waals surface area (Å²) in [4.78, 5) is 2.65. The second kappa shape index (κ2) is 5.29. The molecule has 0 radical (unpaired) electrons. The summed E-state index contributed by atoms with van der Waals surface area (Å²) in [5.74, 6) is 1.66. The van der Waals surface area contributed by atoms with Gasteiger partial charge in [-0.2, -0.15) is 11.8 Å². The lowest BCUT2D eigenvalue weighted by atomic mass is 9.97. The van der Waals surface area contributed by atoms with Gasteiger partial charge in [-0.15, -0.1) is 10.2 Å². The quantitative estimate of drug-likeness (QED) is 0.869. The molecule has 2 aromatic heterocycles. The van der Waals surface area contributed by atoms with Crippen LogP contribution in [0.1, 0.15) is 37.4 Å². The smallest absolute Gasteiger partial charge is 0.160 e. The van der Waals surface area contributed by atoms with Crippen LogP contribution in [0.3, 0.4) is 0 Å². The zero-order valence-electron chi connectivity index (χ0n) is 12.5. The molecular formula is C16H22N4S. The van der Waals surface area contributed by atoms with Crippen molar-refractivity contribution in [1.82, 2.24) is 19.5 Å². The highest BCUT2D eigenvalue weighted by Gasteiger charge is 2.43. The minimum Gasteiger partial charge on any atom is -0.301 e. The SMILES string of the molecule is CSC1(CN2CCC[C@H](c3nnc4ccccn34)C2)CC1. The summed E-state index contributed by atoms with van der Waals surface area (Å²) in [6.07, 6.45) is 9.65. The number of thioether (sulfide) groups is 1. The Balaban J connectivity index is 1.52. The van der Waals surface area contributed by atoms with Gasteiger partial charge in [0.15, 0.2) is 5.65 Å². The van der Waals surface area contributed by atoms with Crippen molar-refractivity contribution < 1.29 is 0 Å². The van der Waals surface area contributed by atoms with Crippen molar-refractivity contribution in [2.75, 3.05) is 25.9 Å². The fourth-order valence-corrected chi connectivity index (χ4v) is 4.34. The highest BCUT2D eigenvalue weighted by molar-refractivity contribution is 8.00. The third kappa shape index (κ3) is 2.57. The van der Waals surface area contributed by atoms with Crippen LogP contribution in [0.2, 0.25) is 0 Å². The molecule has 2 fully saturated rings. The first kappa shape index (κ1) is 13.6. The number of hydrogen-bond acceptors (Lipinski definition) is 4. The first-order valence-corrected chi connectivity index (χ1v) is 9.09. The van der Waals surface area contributed by atoms with Crippen LogP contribution in [0.15, 0.2) is 24.4 Å². The lowest BCUT2D eigenvalue weighted by molar-refractivity contribution is 0.201. The first-order valence-electron chi connectivity index (χ1n) is 7.87. The van der Waals surface area contributed by atoms with Crippen LogP contribution in [-0.2, 0) is 0 Å². The second-order valence-electron chi connectivity index (χ2n) is 6.45. The summed E-state index contributed by atoms with van der Waals surface area (Å²) in [6, 6.07) is 6.12. The Bertz CT molecular complexity index is 634. The number of fused-ring (bicyclic) bond motifs is 1. The van der Waals surface area contributed by atoms with Crippen LogP contribution in [0.25, 0.3) is 5.65 Å². The van der Waals surface area contributed by atoms with Crippen LogP contribution in [-0.4, -0.2) is 50.1 Å². The highest BCUT2D eigenvalue weighted by Crippen LogP contribution is 2.48. The molecule has 0 N–H and O–H groups in total. The maximum absolute atomic E-state index is 4.47. The number of hydrogen-bond donors (Lipinski definition) is 0. The summed E-state index contributed by atoms with van der Waals surface area (Å²) in [7, 11) is 0. The Kier molecular flexibility index (Phi) is 3.42. The maximum Gasteiger partial charge on any atom is 0.160 e. The van der Waals surface area contributed by atoms with E-state index in [0.717, 1.165) is 18.0 Å². The van der Waals surface area contributed by atoms with E-state index in [1.807, 2.05) is 12.1 Å². The van der Waals surface area contributed by atoms with Crippen molar-refractivity contribution in [3.63, 3.8) is 0 Å². The van der Waals surface area contributed by atoms with E-state index in [2.05, 4.69) is 49.8 Å². The topological polar surface area (TPSA) is 33.4 Å². The fourth-order valence-electron chi connectivity index (χ4n) is 3.52. The average Bonchev–Trinajstić information content (AvgIpc) is 3.16. The van der Waals surface area contributed by atoms with Gasteiger partial charge in [-0.05, 0) is 50.6 Å². The Labute approximate surface area is 129 Å². The van der Waals surface area contributed by atoms with Crippen LogP contribution in [0.5, 0.6) is 0 Å². The lowest BCUT2D eigenvalue weighted by Crippen LogP contribution is -2.39. The van der Waals surface area contributed by atoms with Crippen LogP contribution in [0, 0.1) is 0 Å². The molecule has 0 spiro atoms. The van der Waals surface area contributed by atoms with Gasteiger partial charge in [0.05, 0.1) is 0 Å². The zero-order chi connectivity index (χ0) is 14.3. The third-order valence-corrected chi connectivity index (χ3v) is 6.37. The molecule has 0 unspecified atom stereocenters. The molecular weight excluding hydrogens is 280 g/mol. The molecule has 0 aromatic carbocycles. The van der Waals surface area contributed by atoms with Crippen molar-refractivity contribution in [2.45, 2.75) is 36.3 Å². The molecule has 3 heterocycles. The van der Waals surface area contributed by atoms with Gasteiger partial charge >= 0.3 is 0 Å². The van der Waals surface area contributed by atoms with Crippen molar-refractivity contribution in [3.05, 3.63) is 30.2 Å². The van der Waals surface area contributed by atoms with Gasteiger partial charge in [0.25, 0.3) is 0 Å². The summed E-state index contributed by atoms with van der Waals surface area (Å²) < 4.78 is 2.73. The van der Waals surface area contributed by atoms with Gasteiger partial charge in [-0.1, -0.05) is 6.07 Å². The molecule has 1 atom stereocenters. The fraction of sp³-hybridized carbons (Fsp3) is 0.625. The summed E-state index contributed by atoms with van der Waals surface area (Å²) in [5.41, 5.74) is 0.965. The zero-order valence-corrected chi connectivity index (χ0v) is 13.4. The van der Waals surface area contributed by atoms with E-state index in [-0.39, 0.29) is 0 Å². The average molecular weight is 302 g/mol. The summed E-state index contributed by atoms with van der Waals surface area (Å²) in [5, 5.41) is 8.78. The molecule has 2 aliphatic rings. The standard InChI is InChI=1S/C16H22N4S/c1-21-16(7-8-16)12-19-9-4-5-13(11-19)15-18-17-14-6-2-3-10-20(14)15/h2-3,6,10,13H,4-5,7-9,11-12H2,1H3/t13-/m0/s1. The van der Waals surface area contributed by atoms with Gasteiger partial charge in [-0.3, -0.25) is 4.40 Å². The molecule has 21 heavy (non-hydrogen) atoms. The molecule has 1 aliphatic carbocycles. The molecule has 1 saturated carbocycles.